The Morgan fingerprint density at radius 3 is 2.42 bits per heavy atom. The first-order chi connectivity index (χ1) is 8.99. The third kappa shape index (κ3) is 4.53. The van der Waals surface area contributed by atoms with Gasteiger partial charge in [-0.2, -0.15) is 0 Å². The van der Waals surface area contributed by atoms with E-state index in [1.54, 1.807) is 0 Å². The van der Waals surface area contributed by atoms with Crippen LogP contribution in [0.1, 0.15) is 26.2 Å². The molecule has 0 aliphatic rings. The van der Waals surface area contributed by atoms with Crippen LogP contribution in [0.4, 0.5) is 11.4 Å². The Kier molecular flexibility index (Phi) is 6.34. The van der Waals surface area contributed by atoms with Gasteiger partial charge in [0.05, 0.1) is 20.7 Å². The average molecular weight is 306 g/mol. The third-order valence-corrected chi connectivity index (χ3v) is 3.37. The van der Waals surface area contributed by atoms with Crippen molar-refractivity contribution in [1.29, 1.82) is 0 Å². The van der Waals surface area contributed by atoms with Gasteiger partial charge in [-0.1, -0.05) is 43.0 Å². The molecule has 1 unspecified atom stereocenters. The summed E-state index contributed by atoms with van der Waals surface area (Å²) in [6.45, 7) is 2.54. The molecule has 1 aromatic carbocycles. The number of halogens is 2. The zero-order valence-electron chi connectivity index (χ0n) is 10.7. The molecule has 0 radical (unpaired) electrons. The number of unbranched alkanes of at least 4 members (excludes halogenated alkanes) is 1. The Bertz CT molecular complexity index is 432. The van der Waals surface area contributed by atoms with Crippen LogP contribution < -0.4 is 11.1 Å². The number of nitro groups is 1. The van der Waals surface area contributed by atoms with Crippen molar-refractivity contribution in [3.63, 3.8) is 0 Å². The lowest BCUT2D eigenvalue weighted by atomic mass is 10.1. The molecule has 7 heteroatoms. The second-order valence-corrected chi connectivity index (χ2v) is 5.08. The van der Waals surface area contributed by atoms with E-state index in [0.29, 0.717) is 12.2 Å². The van der Waals surface area contributed by atoms with Gasteiger partial charge >= 0.3 is 0 Å². The topological polar surface area (TPSA) is 81.2 Å². The lowest BCUT2D eigenvalue weighted by molar-refractivity contribution is -0.384. The summed E-state index contributed by atoms with van der Waals surface area (Å²) in [5, 5.41) is 14.3. The van der Waals surface area contributed by atoms with Gasteiger partial charge in [0.25, 0.3) is 5.69 Å². The van der Waals surface area contributed by atoms with E-state index >= 15 is 0 Å². The maximum Gasteiger partial charge on any atom is 0.272 e. The molecule has 106 valence electrons. The predicted molar refractivity (Wildman–Crippen MR) is 79.1 cm³/mol. The number of anilines is 1. The highest BCUT2D eigenvalue weighted by Gasteiger charge is 2.16. The molecule has 19 heavy (non-hydrogen) atoms. The highest BCUT2D eigenvalue weighted by atomic mass is 35.5. The smallest absolute Gasteiger partial charge is 0.272 e. The molecule has 1 atom stereocenters. The summed E-state index contributed by atoms with van der Waals surface area (Å²) in [4.78, 5) is 10.2. The fourth-order valence-corrected chi connectivity index (χ4v) is 2.29. The number of hydrogen-bond acceptors (Lipinski definition) is 4. The molecule has 0 bridgehead atoms. The van der Waals surface area contributed by atoms with Crippen LogP contribution in [0.25, 0.3) is 0 Å². The molecule has 0 saturated heterocycles. The van der Waals surface area contributed by atoms with E-state index < -0.39 is 4.92 Å². The van der Waals surface area contributed by atoms with E-state index in [1.807, 2.05) is 0 Å². The lowest BCUT2D eigenvalue weighted by Gasteiger charge is -2.19. The minimum atomic E-state index is -0.529. The fourth-order valence-electron chi connectivity index (χ4n) is 1.71. The number of rotatable bonds is 7. The van der Waals surface area contributed by atoms with E-state index in [1.165, 1.54) is 12.1 Å². The standard InChI is InChI=1S/C12H17Cl2N3O2/c1-2-3-4-8(7-15)16-12-10(13)5-9(17(18)19)6-11(12)14/h5-6,8,16H,2-4,7,15H2,1H3. The van der Waals surface area contributed by atoms with Gasteiger partial charge in [0.1, 0.15) is 0 Å². The van der Waals surface area contributed by atoms with Crippen molar-refractivity contribution >= 4 is 34.6 Å². The molecule has 0 amide bonds. The highest BCUT2D eigenvalue weighted by Crippen LogP contribution is 2.35. The monoisotopic (exact) mass is 305 g/mol. The normalized spacial score (nSPS) is 12.2. The Hall–Kier alpha value is -1.04. The van der Waals surface area contributed by atoms with Crippen LogP contribution in [-0.2, 0) is 0 Å². The second kappa shape index (κ2) is 7.53. The van der Waals surface area contributed by atoms with Crippen molar-refractivity contribution in [2.24, 2.45) is 5.73 Å². The van der Waals surface area contributed by atoms with E-state index in [2.05, 4.69) is 12.2 Å². The van der Waals surface area contributed by atoms with Gasteiger partial charge < -0.3 is 11.1 Å². The van der Waals surface area contributed by atoms with Crippen LogP contribution in [0.3, 0.4) is 0 Å². The first kappa shape index (κ1) is 16.0. The van der Waals surface area contributed by atoms with Crippen molar-refractivity contribution < 1.29 is 4.92 Å². The molecule has 0 aliphatic carbocycles. The first-order valence-electron chi connectivity index (χ1n) is 6.09. The number of hydrogen-bond donors (Lipinski definition) is 2. The van der Waals surface area contributed by atoms with Crippen LogP contribution in [0, 0.1) is 10.1 Å². The maximum atomic E-state index is 10.7. The van der Waals surface area contributed by atoms with Crippen molar-refractivity contribution in [1.82, 2.24) is 0 Å². The van der Waals surface area contributed by atoms with Crippen molar-refractivity contribution in [3.05, 3.63) is 32.3 Å². The van der Waals surface area contributed by atoms with E-state index in [-0.39, 0.29) is 21.8 Å². The molecule has 0 fully saturated rings. The third-order valence-electron chi connectivity index (χ3n) is 2.78. The minimum absolute atomic E-state index is 0.0522. The summed E-state index contributed by atoms with van der Waals surface area (Å²) in [5.74, 6) is 0. The summed E-state index contributed by atoms with van der Waals surface area (Å²) >= 11 is 12.0. The molecule has 5 nitrogen and oxygen atoms in total. The molecule has 0 aliphatic heterocycles. The SMILES string of the molecule is CCCCC(CN)Nc1c(Cl)cc([N+](=O)[O-])cc1Cl. The number of nitrogens with zero attached hydrogens (tertiary/aromatic N) is 1. The van der Waals surface area contributed by atoms with Gasteiger partial charge in [0.15, 0.2) is 0 Å². The van der Waals surface area contributed by atoms with E-state index in [9.17, 15) is 10.1 Å². The lowest BCUT2D eigenvalue weighted by Crippen LogP contribution is -2.29. The van der Waals surface area contributed by atoms with Gasteiger partial charge in [-0.25, -0.2) is 0 Å². The van der Waals surface area contributed by atoms with Crippen molar-refractivity contribution in [2.45, 2.75) is 32.2 Å². The Morgan fingerprint density at radius 2 is 2.00 bits per heavy atom. The molecular weight excluding hydrogens is 289 g/mol. The Balaban J connectivity index is 2.91. The fraction of sp³-hybridized carbons (Fsp3) is 0.500. The Labute approximate surface area is 122 Å². The minimum Gasteiger partial charge on any atom is -0.379 e. The summed E-state index contributed by atoms with van der Waals surface area (Å²) in [6.07, 6.45) is 3.01. The van der Waals surface area contributed by atoms with Crippen LogP contribution in [0.15, 0.2) is 12.1 Å². The molecule has 0 saturated carbocycles. The zero-order chi connectivity index (χ0) is 14.4. The van der Waals surface area contributed by atoms with Crippen LogP contribution >= 0.6 is 23.2 Å². The zero-order valence-corrected chi connectivity index (χ0v) is 12.2. The van der Waals surface area contributed by atoms with Crippen LogP contribution in [-0.4, -0.2) is 17.5 Å². The molecule has 0 heterocycles. The number of nitro benzene ring substituents is 1. The highest BCUT2D eigenvalue weighted by molar-refractivity contribution is 6.39. The van der Waals surface area contributed by atoms with E-state index in [0.717, 1.165) is 19.3 Å². The number of benzene rings is 1. The maximum absolute atomic E-state index is 10.7. The number of nitrogens with two attached hydrogens (primary N) is 1. The summed E-state index contributed by atoms with van der Waals surface area (Å²) in [6, 6.07) is 2.61. The first-order valence-corrected chi connectivity index (χ1v) is 6.85. The summed E-state index contributed by atoms with van der Waals surface area (Å²) < 4.78 is 0. The van der Waals surface area contributed by atoms with Crippen molar-refractivity contribution in [2.75, 3.05) is 11.9 Å². The molecule has 0 spiro atoms. The van der Waals surface area contributed by atoms with Gasteiger partial charge in [0, 0.05) is 24.7 Å². The van der Waals surface area contributed by atoms with Gasteiger partial charge in [-0.05, 0) is 6.42 Å². The molecular formula is C12H17Cl2N3O2. The van der Waals surface area contributed by atoms with E-state index in [4.69, 9.17) is 28.9 Å². The average Bonchev–Trinajstić information content (AvgIpc) is 2.37. The molecule has 1 aromatic rings. The van der Waals surface area contributed by atoms with Crippen molar-refractivity contribution in [3.8, 4) is 0 Å². The quantitative estimate of drug-likeness (QED) is 0.592. The largest absolute Gasteiger partial charge is 0.379 e. The molecule has 1 rings (SSSR count). The summed E-state index contributed by atoms with van der Waals surface area (Å²) in [7, 11) is 0. The molecule has 0 aromatic heterocycles. The summed E-state index contributed by atoms with van der Waals surface area (Å²) in [5.41, 5.74) is 6.06. The second-order valence-electron chi connectivity index (χ2n) is 4.26. The van der Waals surface area contributed by atoms with Gasteiger partial charge in [-0.15, -0.1) is 0 Å². The number of non-ortho nitro benzene ring substituents is 1. The van der Waals surface area contributed by atoms with Gasteiger partial charge in [-0.3, -0.25) is 10.1 Å². The van der Waals surface area contributed by atoms with Crippen LogP contribution in [0.2, 0.25) is 10.0 Å². The Morgan fingerprint density at radius 1 is 1.42 bits per heavy atom. The molecule has 3 N–H and O–H groups in total. The number of nitrogens with one attached hydrogen (secondary N) is 1. The van der Waals surface area contributed by atoms with Crippen LogP contribution in [0.5, 0.6) is 0 Å². The van der Waals surface area contributed by atoms with Gasteiger partial charge in [0.2, 0.25) is 0 Å². The predicted octanol–water partition coefficient (Wildman–Crippen LogP) is 3.83.